The molecule has 3 rings (SSSR count). The smallest absolute Gasteiger partial charge is 0.261 e. The topological polar surface area (TPSA) is 92.8 Å². The minimum absolute atomic E-state index is 0.122. The highest BCUT2D eigenvalue weighted by molar-refractivity contribution is 5.97. The van der Waals surface area contributed by atoms with Crippen LogP contribution in [-0.4, -0.2) is 42.5 Å². The van der Waals surface area contributed by atoms with Crippen LogP contribution in [0.4, 0.5) is 5.82 Å². The molecule has 7 heteroatoms. The number of aromatic nitrogens is 1. The number of nitrogens with one attached hydrogen (secondary N) is 1. The van der Waals surface area contributed by atoms with E-state index < -0.39 is 0 Å². The summed E-state index contributed by atoms with van der Waals surface area (Å²) >= 11 is 0. The highest BCUT2D eigenvalue weighted by Crippen LogP contribution is 2.23. The first-order chi connectivity index (χ1) is 13.1. The quantitative estimate of drug-likeness (QED) is 0.454. The number of amides is 1. The fourth-order valence-electron chi connectivity index (χ4n) is 3.84. The Balaban J connectivity index is 1.46. The Bertz CT molecular complexity index is 640. The number of amidine groups is 1. The largest absolute Gasteiger partial charge is 0.384 e. The van der Waals surface area contributed by atoms with E-state index in [0.29, 0.717) is 11.5 Å². The second kappa shape index (κ2) is 9.58. The Morgan fingerprint density at radius 1 is 1.26 bits per heavy atom. The van der Waals surface area contributed by atoms with Gasteiger partial charge in [0.25, 0.3) is 5.91 Å². The first-order valence-corrected chi connectivity index (χ1v) is 10.1. The highest BCUT2D eigenvalue weighted by Gasteiger charge is 2.22. The van der Waals surface area contributed by atoms with Crippen LogP contribution in [0.25, 0.3) is 0 Å². The molecule has 1 aromatic rings. The average Bonchev–Trinajstić information content (AvgIpc) is 2.70. The zero-order valence-electron chi connectivity index (χ0n) is 16.2. The van der Waals surface area contributed by atoms with Gasteiger partial charge in [-0.15, -0.1) is 0 Å². The van der Waals surface area contributed by atoms with E-state index >= 15 is 0 Å². The SMILES string of the molecule is C[C@@H]1CCCC[C@H]1NC(=O)CO/N=C(\N)c1ccc(N2CCCCC2)nc1. The number of pyridine rings is 1. The van der Waals surface area contributed by atoms with Crippen LogP contribution in [0, 0.1) is 5.92 Å². The maximum Gasteiger partial charge on any atom is 0.261 e. The number of carbonyl (C=O) groups excluding carboxylic acids is 1. The molecule has 0 unspecified atom stereocenters. The summed E-state index contributed by atoms with van der Waals surface area (Å²) in [7, 11) is 0. The van der Waals surface area contributed by atoms with Gasteiger partial charge in [-0.3, -0.25) is 4.79 Å². The number of anilines is 1. The molecule has 1 amide bonds. The molecule has 1 saturated carbocycles. The van der Waals surface area contributed by atoms with Crippen LogP contribution in [0.1, 0.15) is 57.4 Å². The van der Waals surface area contributed by atoms with Crippen LogP contribution < -0.4 is 16.0 Å². The van der Waals surface area contributed by atoms with Gasteiger partial charge in [-0.05, 0) is 50.2 Å². The summed E-state index contributed by atoms with van der Waals surface area (Å²) in [5, 5.41) is 6.90. The molecule has 0 radical (unpaired) electrons. The predicted octanol–water partition coefficient (Wildman–Crippen LogP) is 2.40. The third-order valence-corrected chi connectivity index (χ3v) is 5.54. The van der Waals surface area contributed by atoms with Gasteiger partial charge in [0.05, 0.1) is 0 Å². The van der Waals surface area contributed by atoms with Gasteiger partial charge in [0, 0.05) is 30.9 Å². The summed E-state index contributed by atoms with van der Waals surface area (Å²) in [6, 6.07) is 4.09. The van der Waals surface area contributed by atoms with E-state index in [1.54, 1.807) is 6.20 Å². The number of nitrogens with zero attached hydrogens (tertiary/aromatic N) is 3. The fraction of sp³-hybridized carbons (Fsp3) is 0.650. The van der Waals surface area contributed by atoms with Crippen LogP contribution in [0.5, 0.6) is 0 Å². The third kappa shape index (κ3) is 5.58. The van der Waals surface area contributed by atoms with E-state index in [4.69, 9.17) is 10.6 Å². The van der Waals surface area contributed by atoms with E-state index in [0.717, 1.165) is 31.7 Å². The van der Waals surface area contributed by atoms with Crippen LogP contribution in [-0.2, 0) is 9.63 Å². The molecule has 2 heterocycles. The van der Waals surface area contributed by atoms with Gasteiger partial charge in [-0.1, -0.05) is 24.9 Å². The zero-order chi connectivity index (χ0) is 19.1. The number of piperidine rings is 1. The molecule has 3 N–H and O–H groups in total. The van der Waals surface area contributed by atoms with Crippen molar-refractivity contribution in [2.75, 3.05) is 24.6 Å². The second-order valence-corrected chi connectivity index (χ2v) is 7.64. The van der Waals surface area contributed by atoms with Crippen molar-refractivity contribution < 1.29 is 9.63 Å². The summed E-state index contributed by atoms with van der Waals surface area (Å²) in [4.78, 5) is 23.9. The minimum Gasteiger partial charge on any atom is -0.384 e. The molecule has 148 valence electrons. The molecule has 0 spiro atoms. The van der Waals surface area contributed by atoms with Gasteiger partial charge in [0.1, 0.15) is 5.82 Å². The molecule has 2 atom stereocenters. The van der Waals surface area contributed by atoms with E-state index in [9.17, 15) is 4.79 Å². The lowest BCUT2D eigenvalue weighted by Gasteiger charge is -2.29. The molecule has 2 aliphatic rings. The number of hydrogen-bond donors (Lipinski definition) is 2. The van der Waals surface area contributed by atoms with Crippen molar-refractivity contribution in [2.24, 2.45) is 16.8 Å². The Morgan fingerprint density at radius 2 is 2.04 bits per heavy atom. The molecule has 27 heavy (non-hydrogen) atoms. The van der Waals surface area contributed by atoms with Crippen LogP contribution >= 0.6 is 0 Å². The first kappa shape index (κ1) is 19.5. The van der Waals surface area contributed by atoms with Crippen molar-refractivity contribution in [2.45, 2.75) is 57.9 Å². The molecule has 1 aromatic heterocycles. The normalized spacial score (nSPS) is 23.7. The monoisotopic (exact) mass is 373 g/mol. The van der Waals surface area contributed by atoms with Crippen molar-refractivity contribution in [1.29, 1.82) is 0 Å². The van der Waals surface area contributed by atoms with Gasteiger partial charge in [0.2, 0.25) is 0 Å². The Labute approximate surface area is 161 Å². The van der Waals surface area contributed by atoms with Crippen molar-refractivity contribution in [1.82, 2.24) is 10.3 Å². The minimum atomic E-state index is -0.149. The van der Waals surface area contributed by atoms with Crippen LogP contribution in [0.15, 0.2) is 23.5 Å². The average molecular weight is 374 g/mol. The Kier molecular flexibility index (Phi) is 6.90. The predicted molar refractivity (Wildman–Crippen MR) is 107 cm³/mol. The van der Waals surface area contributed by atoms with E-state index in [2.05, 4.69) is 27.3 Å². The number of hydrogen-bond acceptors (Lipinski definition) is 5. The first-order valence-electron chi connectivity index (χ1n) is 10.1. The van der Waals surface area contributed by atoms with Crippen molar-refractivity contribution in [3.63, 3.8) is 0 Å². The summed E-state index contributed by atoms with van der Waals surface area (Å²) in [5.41, 5.74) is 6.65. The fourth-order valence-corrected chi connectivity index (χ4v) is 3.84. The maximum absolute atomic E-state index is 12.0. The third-order valence-electron chi connectivity index (χ3n) is 5.54. The van der Waals surface area contributed by atoms with Crippen molar-refractivity contribution in [3.05, 3.63) is 23.9 Å². The summed E-state index contributed by atoms with van der Waals surface area (Å²) < 4.78 is 0. The number of nitrogens with two attached hydrogens (primary N) is 1. The Hall–Kier alpha value is -2.31. The molecule has 0 bridgehead atoms. The van der Waals surface area contributed by atoms with Gasteiger partial charge >= 0.3 is 0 Å². The van der Waals surface area contributed by atoms with Crippen LogP contribution in [0.3, 0.4) is 0 Å². The van der Waals surface area contributed by atoms with Gasteiger partial charge in [-0.25, -0.2) is 4.98 Å². The van der Waals surface area contributed by atoms with E-state index in [-0.39, 0.29) is 24.4 Å². The second-order valence-electron chi connectivity index (χ2n) is 7.64. The lowest BCUT2D eigenvalue weighted by Crippen LogP contribution is -2.42. The molecule has 7 nitrogen and oxygen atoms in total. The highest BCUT2D eigenvalue weighted by atomic mass is 16.6. The summed E-state index contributed by atoms with van der Waals surface area (Å²) in [6.45, 7) is 4.16. The standard InChI is InChI=1S/C20H31N5O2/c1-15-7-3-4-8-17(15)23-19(26)14-27-24-20(21)16-9-10-18(22-13-16)25-11-5-2-6-12-25/h9-10,13,15,17H,2-8,11-12,14H2,1H3,(H2,21,24)(H,23,26)/t15-,17-/m1/s1. The summed E-state index contributed by atoms with van der Waals surface area (Å²) in [5.74, 6) is 1.56. The molecular weight excluding hydrogens is 342 g/mol. The number of carbonyl (C=O) groups is 1. The van der Waals surface area contributed by atoms with Crippen molar-refractivity contribution in [3.8, 4) is 0 Å². The van der Waals surface area contributed by atoms with Gasteiger partial charge in [-0.2, -0.15) is 0 Å². The molecule has 0 aromatic carbocycles. The van der Waals surface area contributed by atoms with Gasteiger partial charge in [0.15, 0.2) is 12.4 Å². The molecule has 1 saturated heterocycles. The van der Waals surface area contributed by atoms with E-state index in [1.165, 1.54) is 32.1 Å². The maximum atomic E-state index is 12.0. The van der Waals surface area contributed by atoms with Gasteiger partial charge < -0.3 is 20.8 Å². The summed E-state index contributed by atoms with van der Waals surface area (Å²) in [6.07, 6.45) is 10.0. The van der Waals surface area contributed by atoms with Crippen molar-refractivity contribution >= 4 is 17.6 Å². The Morgan fingerprint density at radius 3 is 2.74 bits per heavy atom. The molecular formula is C20H31N5O2. The number of rotatable bonds is 6. The zero-order valence-corrected chi connectivity index (χ0v) is 16.2. The molecule has 1 aliphatic carbocycles. The lowest BCUT2D eigenvalue weighted by molar-refractivity contribution is -0.126. The lowest BCUT2D eigenvalue weighted by atomic mass is 9.86. The number of oxime groups is 1. The van der Waals surface area contributed by atoms with Crippen LogP contribution in [0.2, 0.25) is 0 Å². The van der Waals surface area contributed by atoms with E-state index in [1.807, 2.05) is 12.1 Å². The molecule has 1 aliphatic heterocycles. The molecule has 2 fully saturated rings.